The molecule has 1 aliphatic carbocycles. The molecule has 1 aliphatic rings. The monoisotopic (exact) mass is 259 g/mol. The van der Waals surface area contributed by atoms with E-state index in [1.54, 1.807) is 6.07 Å². The lowest BCUT2D eigenvalue weighted by molar-refractivity contribution is -0.131. The quantitative estimate of drug-likeness (QED) is 0.829. The van der Waals surface area contributed by atoms with Gasteiger partial charge in [0.1, 0.15) is 5.82 Å². The predicted molar refractivity (Wildman–Crippen MR) is 71.3 cm³/mol. The lowest BCUT2D eigenvalue weighted by Crippen LogP contribution is -1.95. The normalized spacial score (nSPS) is 16.0. The third-order valence-electron chi connectivity index (χ3n) is 3.56. The molecule has 0 aliphatic heterocycles. The van der Waals surface area contributed by atoms with Crippen LogP contribution in [-0.2, 0) is 4.79 Å². The number of carboxylic acids is 1. The molecule has 0 radical (unpaired) electrons. The van der Waals surface area contributed by atoms with Crippen LogP contribution < -0.4 is 0 Å². The van der Waals surface area contributed by atoms with Gasteiger partial charge in [-0.3, -0.25) is 0 Å². The first kappa shape index (κ1) is 12.0. The maximum Gasteiger partial charge on any atom is 0.328 e. The maximum absolute atomic E-state index is 13.8. The fourth-order valence-electron chi connectivity index (χ4n) is 2.61. The summed E-state index contributed by atoms with van der Waals surface area (Å²) in [5, 5.41) is 9.78. The third kappa shape index (κ3) is 2.03. The highest BCUT2D eigenvalue weighted by Gasteiger charge is 2.30. The number of halogens is 1. The number of para-hydroxylation sites is 1. The van der Waals surface area contributed by atoms with E-state index in [-0.39, 0.29) is 11.7 Å². The van der Waals surface area contributed by atoms with Crippen LogP contribution in [0.5, 0.6) is 0 Å². The molecule has 1 heterocycles. The smallest absolute Gasteiger partial charge is 0.328 e. The van der Waals surface area contributed by atoms with Gasteiger partial charge in [0.05, 0.1) is 5.52 Å². The van der Waals surface area contributed by atoms with Crippen LogP contribution in [0, 0.1) is 18.7 Å². The molecule has 2 aromatic rings. The van der Waals surface area contributed by atoms with E-state index in [1.807, 2.05) is 13.0 Å². The molecule has 1 saturated carbocycles. The molecule has 19 heavy (non-hydrogen) atoms. The number of aliphatic carboxylic acids is 1. The van der Waals surface area contributed by atoms with E-state index in [2.05, 4.69) is 4.98 Å². The molecule has 4 heteroatoms. The molecule has 0 bridgehead atoms. The van der Waals surface area contributed by atoms with Gasteiger partial charge in [-0.25, -0.2) is 9.18 Å². The zero-order chi connectivity index (χ0) is 13.6. The van der Waals surface area contributed by atoms with E-state index in [0.717, 1.165) is 35.1 Å². The Morgan fingerprint density at radius 1 is 1.47 bits per heavy atom. The number of carboxylic acid groups (broad SMARTS) is 1. The average Bonchev–Trinajstić information content (AvgIpc) is 3.11. The standard InChI is InChI=1S/C15H14FNO2/c1-8-14(11(7-13(18)19)9-5-6-9)10-3-2-4-12(16)15(10)17-8/h2-4,7,9,17H,5-6H2,1H3,(H,18,19)/b11-7+. The van der Waals surface area contributed by atoms with E-state index in [4.69, 9.17) is 5.11 Å². The van der Waals surface area contributed by atoms with E-state index < -0.39 is 5.97 Å². The van der Waals surface area contributed by atoms with Crippen molar-refractivity contribution in [2.75, 3.05) is 0 Å². The van der Waals surface area contributed by atoms with Gasteiger partial charge in [0.15, 0.2) is 0 Å². The fraction of sp³-hybridized carbons (Fsp3) is 0.267. The largest absolute Gasteiger partial charge is 0.478 e. The SMILES string of the molecule is Cc1[nH]c2c(F)cccc2c1/C(=C/C(=O)O)C1CC1. The molecule has 0 amide bonds. The molecule has 3 rings (SSSR count). The number of fused-ring (bicyclic) bond motifs is 1. The molecule has 98 valence electrons. The van der Waals surface area contributed by atoms with E-state index in [9.17, 15) is 9.18 Å². The van der Waals surface area contributed by atoms with E-state index >= 15 is 0 Å². The van der Waals surface area contributed by atoms with Crippen LogP contribution >= 0.6 is 0 Å². The summed E-state index contributed by atoms with van der Waals surface area (Å²) >= 11 is 0. The minimum atomic E-state index is -0.952. The second-order valence-corrected chi connectivity index (χ2v) is 5.00. The van der Waals surface area contributed by atoms with Crippen molar-refractivity contribution in [3.8, 4) is 0 Å². The highest BCUT2D eigenvalue weighted by atomic mass is 19.1. The van der Waals surface area contributed by atoms with Crippen molar-refractivity contribution in [3.63, 3.8) is 0 Å². The van der Waals surface area contributed by atoms with Crippen LogP contribution in [0.25, 0.3) is 16.5 Å². The number of nitrogens with one attached hydrogen (secondary N) is 1. The van der Waals surface area contributed by atoms with Gasteiger partial charge in [0.2, 0.25) is 0 Å². The Bertz CT molecular complexity index is 695. The van der Waals surface area contributed by atoms with Gasteiger partial charge in [0.25, 0.3) is 0 Å². The number of hydrogen-bond donors (Lipinski definition) is 2. The summed E-state index contributed by atoms with van der Waals surface area (Å²) in [5.74, 6) is -0.971. The second kappa shape index (κ2) is 4.23. The molecular weight excluding hydrogens is 245 g/mol. The lowest BCUT2D eigenvalue weighted by Gasteiger charge is -2.06. The van der Waals surface area contributed by atoms with Crippen LogP contribution in [0.1, 0.15) is 24.1 Å². The van der Waals surface area contributed by atoms with Crippen LogP contribution in [0.4, 0.5) is 4.39 Å². The van der Waals surface area contributed by atoms with Gasteiger partial charge >= 0.3 is 5.97 Å². The van der Waals surface area contributed by atoms with Crippen LogP contribution in [0.2, 0.25) is 0 Å². The summed E-state index contributed by atoms with van der Waals surface area (Å²) in [5.41, 5.74) is 2.92. The first-order valence-electron chi connectivity index (χ1n) is 6.29. The molecule has 3 nitrogen and oxygen atoms in total. The number of aryl methyl sites for hydroxylation is 1. The molecule has 0 spiro atoms. The predicted octanol–water partition coefficient (Wildman–Crippen LogP) is 3.49. The Labute approximate surface area is 109 Å². The summed E-state index contributed by atoms with van der Waals surface area (Å²) in [6, 6.07) is 4.88. The number of benzene rings is 1. The van der Waals surface area contributed by atoms with Crippen LogP contribution in [-0.4, -0.2) is 16.1 Å². The summed E-state index contributed by atoms with van der Waals surface area (Å²) in [6.07, 6.45) is 3.26. The highest BCUT2D eigenvalue weighted by Crippen LogP contribution is 2.45. The Kier molecular flexibility index (Phi) is 2.66. The Balaban J connectivity index is 2.26. The van der Waals surface area contributed by atoms with Gasteiger partial charge < -0.3 is 10.1 Å². The van der Waals surface area contributed by atoms with Gasteiger partial charge in [-0.1, -0.05) is 12.1 Å². The minimum absolute atomic E-state index is 0.289. The van der Waals surface area contributed by atoms with E-state index in [0.29, 0.717) is 5.52 Å². The van der Waals surface area contributed by atoms with Crippen LogP contribution in [0.3, 0.4) is 0 Å². The Hall–Kier alpha value is -2.10. The van der Waals surface area contributed by atoms with Crippen molar-refractivity contribution in [1.29, 1.82) is 0 Å². The molecule has 1 aromatic carbocycles. The minimum Gasteiger partial charge on any atom is -0.478 e. The molecule has 0 atom stereocenters. The number of H-pyrrole nitrogens is 1. The topological polar surface area (TPSA) is 53.1 Å². The van der Waals surface area contributed by atoms with Gasteiger partial charge in [-0.05, 0) is 37.3 Å². The Morgan fingerprint density at radius 2 is 2.21 bits per heavy atom. The molecular formula is C15H14FNO2. The summed E-state index contributed by atoms with van der Waals surface area (Å²) in [4.78, 5) is 14.0. The third-order valence-corrected chi connectivity index (χ3v) is 3.56. The lowest BCUT2D eigenvalue weighted by atomic mass is 9.98. The first-order chi connectivity index (χ1) is 9.08. The number of hydrogen-bond acceptors (Lipinski definition) is 1. The van der Waals surface area contributed by atoms with Gasteiger partial charge in [0, 0.05) is 22.7 Å². The average molecular weight is 259 g/mol. The molecule has 1 fully saturated rings. The molecule has 0 unspecified atom stereocenters. The van der Waals surface area contributed by atoms with Crippen molar-refractivity contribution < 1.29 is 14.3 Å². The maximum atomic E-state index is 13.8. The van der Waals surface area contributed by atoms with Gasteiger partial charge in [-0.15, -0.1) is 0 Å². The van der Waals surface area contributed by atoms with Crippen molar-refractivity contribution in [1.82, 2.24) is 4.98 Å². The fourth-order valence-corrected chi connectivity index (χ4v) is 2.61. The van der Waals surface area contributed by atoms with Crippen LogP contribution in [0.15, 0.2) is 24.3 Å². The summed E-state index contributed by atoms with van der Waals surface area (Å²) < 4.78 is 13.8. The number of allylic oxidation sites excluding steroid dienone is 1. The number of rotatable bonds is 3. The van der Waals surface area contributed by atoms with Crippen molar-refractivity contribution in [3.05, 3.63) is 41.3 Å². The Morgan fingerprint density at radius 3 is 2.84 bits per heavy atom. The zero-order valence-electron chi connectivity index (χ0n) is 10.5. The first-order valence-corrected chi connectivity index (χ1v) is 6.29. The number of aromatic nitrogens is 1. The second-order valence-electron chi connectivity index (χ2n) is 5.00. The summed E-state index contributed by atoms with van der Waals surface area (Å²) in [6.45, 7) is 1.85. The zero-order valence-corrected chi connectivity index (χ0v) is 10.5. The highest BCUT2D eigenvalue weighted by molar-refractivity contribution is 6.00. The molecule has 1 aromatic heterocycles. The van der Waals surface area contributed by atoms with Crippen molar-refractivity contribution in [2.24, 2.45) is 5.92 Å². The van der Waals surface area contributed by atoms with Gasteiger partial charge in [-0.2, -0.15) is 0 Å². The number of carbonyl (C=O) groups is 1. The van der Waals surface area contributed by atoms with Crippen molar-refractivity contribution in [2.45, 2.75) is 19.8 Å². The van der Waals surface area contributed by atoms with E-state index in [1.165, 1.54) is 12.1 Å². The molecule has 0 saturated heterocycles. The van der Waals surface area contributed by atoms with Crippen molar-refractivity contribution >= 4 is 22.4 Å². The summed E-state index contributed by atoms with van der Waals surface area (Å²) in [7, 11) is 0. The number of aromatic amines is 1. The molecule has 2 N–H and O–H groups in total.